The maximum atomic E-state index is 12.8. The third kappa shape index (κ3) is 5.32. The number of primary amides is 1. The minimum absolute atomic E-state index is 0.0558. The number of rotatable bonds is 8. The SMILES string of the molecule is CC(C)CCn1c(SCC(=O)OCC(N)=O)nc2ccccc2c1=O. The van der Waals surface area contributed by atoms with Crippen LogP contribution in [-0.4, -0.2) is 33.8 Å². The molecule has 1 aromatic carbocycles. The van der Waals surface area contributed by atoms with Gasteiger partial charge in [0, 0.05) is 6.54 Å². The smallest absolute Gasteiger partial charge is 0.316 e. The first-order chi connectivity index (χ1) is 11.9. The molecule has 0 aliphatic heterocycles. The molecular formula is C17H21N3O4S. The summed E-state index contributed by atoms with van der Waals surface area (Å²) in [5, 5.41) is 1.01. The highest BCUT2D eigenvalue weighted by Crippen LogP contribution is 2.19. The molecule has 8 heteroatoms. The van der Waals surface area contributed by atoms with E-state index in [0.717, 1.165) is 18.2 Å². The number of carbonyl (C=O) groups excluding carboxylic acids is 2. The van der Waals surface area contributed by atoms with Crippen molar-refractivity contribution in [1.29, 1.82) is 0 Å². The van der Waals surface area contributed by atoms with E-state index >= 15 is 0 Å². The quantitative estimate of drug-likeness (QED) is 0.434. The monoisotopic (exact) mass is 363 g/mol. The fourth-order valence-corrected chi connectivity index (χ4v) is 2.98. The number of hydrogen-bond acceptors (Lipinski definition) is 6. The summed E-state index contributed by atoms with van der Waals surface area (Å²) in [5.74, 6) is -0.922. The molecule has 0 spiro atoms. The van der Waals surface area contributed by atoms with Gasteiger partial charge in [-0.15, -0.1) is 0 Å². The molecule has 0 radical (unpaired) electrons. The molecule has 7 nitrogen and oxygen atoms in total. The van der Waals surface area contributed by atoms with E-state index in [1.807, 2.05) is 6.07 Å². The zero-order valence-electron chi connectivity index (χ0n) is 14.2. The average Bonchev–Trinajstić information content (AvgIpc) is 2.57. The normalized spacial score (nSPS) is 11.0. The maximum Gasteiger partial charge on any atom is 0.316 e. The van der Waals surface area contributed by atoms with Crippen LogP contribution in [0, 0.1) is 5.92 Å². The molecule has 2 N–H and O–H groups in total. The Kier molecular flexibility index (Phi) is 6.58. The van der Waals surface area contributed by atoms with Crippen molar-refractivity contribution in [2.45, 2.75) is 32.0 Å². The van der Waals surface area contributed by atoms with Gasteiger partial charge < -0.3 is 10.5 Å². The molecule has 0 saturated heterocycles. The number of fused-ring (bicyclic) bond motifs is 1. The minimum atomic E-state index is -0.712. The number of aromatic nitrogens is 2. The molecule has 1 heterocycles. The van der Waals surface area contributed by atoms with E-state index < -0.39 is 18.5 Å². The number of carbonyl (C=O) groups is 2. The Bertz CT molecular complexity index is 832. The van der Waals surface area contributed by atoms with Crippen LogP contribution in [0.2, 0.25) is 0 Å². The van der Waals surface area contributed by atoms with E-state index in [-0.39, 0.29) is 11.3 Å². The Morgan fingerprint density at radius 3 is 2.72 bits per heavy atom. The molecule has 0 unspecified atom stereocenters. The number of ether oxygens (including phenoxy) is 1. The average molecular weight is 363 g/mol. The number of esters is 1. The first-order valence-corrected chi connectivity index (χ1v) is 8.93. The van der Waals surface area contributed by atoms with Crippen molar-refractivity contribution in [3.63, 3.8) is 0 Å². The van der Waals surface area contributed by atoms with Gasteiger partial charge in [-0.05, 0) is 24.5 Å². The summed E-state index contributed by atoms with van der Waals surface area (Å²) in [6, 6.07) is 7.11. The molecule has 1 aromatic heterocycles. The van der Waals surface area contributed by atoms with Crippen molar-refractivity contribution in [2.75, 3.05) is 12.4 Å². The third-order valence-electron chi connectivity index (χ3n) is 3.45. The number of para-hydroxylation sites is 1. The molecule has 0 aliphatic carbocycles. The lowest BCUT2D eigenvalue weighted by Gasteiger charge is -2.14. The fourth-order valence-electron chi connectivity index (χ4n) is 2.16. The highest BCUT2D eigenvalue weighted by atomic mass is 32.2. The van der Waals surface area contributed by atoms with Gasteiger partial charge in [0.25, 0.3) is 11.5 Å². The molecule has 0 fully saturated rings. The molecule has 2 rings (SSSR count). The summed E-state index contributed by atoms with van der Waals surface area (Å²) in [7, 11) is 0. The van der Waals surface area contributed by atoms with E-state index in [9.17, 15) is 14.4 Å². The maximum absolute atomic E-state index is 12.8. The van der Waals surface area contributed by atoms with Crippen molar-refractivity contribution < 1.29 is 14.3 Å². The fraction of sp³-hybridized carbons (Fsp3) is 0.412. The third-order valence-corrected chi connectivity index (χ3v) is 4.40. The van der Waals surface area contributed by atoms with Gasteiger partial charge in [0.1, 0.15) is 0 Å². The second kappa shape index (κ2) is 8.66. The highest BCUT2D eigenvalue weighted by Gasteiger charge is 2.14. The first-order valence-electron chi connectivity index (χ1n) is 7.94. The van der Waals surface area contributed by atoms with Crippen molar-refractivity contribution >= 4 is 34.5 Å². The second-order valence-electron chi connectivity index (χ2n) is 5.97. The minimum Gasteiger partial charge on any atom is -0.455 e. The van der Waals surface area contributed by atoms with Gasteiger partial charge in [-0.1, -0.05) is 37.7 Å². The van der Waals surface area contributed by atoms with Gasteiger partial charge >= 0.3 is 5.97 Å². The van der Waals surface area contributed by atoms with Crippen LogP contribution < -0.4 is 11.3 Å². The van der Waals surface area contributed by atoms with Crippen molar-refractivity contribution in [2.24, 2.45) is 11.7 Å². The van der Waals surface area contributed by atoms with Crippen LogP contribution in [0.3, 0.4) is 0 Å². The van der Waals surface area contributed by atoms with Crippen molar-refractivity contribution in [3.05, 3.63) is 34.6 Å². The molecule has 1 amide bonds. The van der Waals surface area contributed by atoms with Crippen LogP contribution in [0.1, 0.15) is 20.3 Å². The lowest BCUT2D eigenvalue weighted by atomic mass is 10.1. The lowest BCUT2D eigenvalue weighted by Crippen LogP contribution is -2.25. The molecule has 0 atom stereocenters. The Balaban J connectivity index is 2.26. The molecule has 134 valence electrons. The van der Waals surface area contributed by atoms with E-state index in [4.69, 9.17) is 10.5 Å². The summed E-state index contributed by atoms with van der Waals surface area (Å²) < 4.78 is 6.32. The predicted octanol–water partition coefficient (Wildman–Crippen LogP) is 1.56. The van der Waals surface area contributed by atoms with E-state index in [1.165, 1.54) is 0 Å². The number of thioether (sulfide) groups is 1. The first kappa shape index (κ1) is 19.0. The van der Waals surface area contributed by atoms with Gasteiger partial charge in [-0.3, -0.25) is 19.0 Å². The van der Waals surface area contributed by atoms with Crippen LogP contribution in [-0.2, 0) is 20.9 Å². The van der Waals surface area contributed by atoms with Crippen LogP contribution in [0.4, 0.5) is 0 Å². The van der Waals surface area contributed by atoms with E-state index in [1.54, 1.807) is 22.8 Å². The molecular weight excluding hydrogens is 342 g/mol. The number of benzene rings is 1. The van der Waals surface area contributed by atoms with Crippen molar-refractivity contribution in [3.8, 4) is 0 Å². The van der Waals surface area contributed by atoms with Crippen molar-refractivity contribution in [1.82, 2.24) is 9.55 Å². The Hall–Kier alpha value is -2.35. The highest BCUT2D eigenvalue weighted by molar-refractivity contribution is 7.99. The van der Waals surface area contributed by atoms with Crippen LogP contribution in [0.5, 0.6) is 0 Å². The van der Waals surface area contributed by atoms with Gasteiger partial charge in [-0.2, -0.15) is 0 Å². The number of nitrogens with two attached hydrogens (primary N) is 1. The predicted molar refractivity (Wildman–Crippen MR) is 96.3 cm³/mol. The molecule has 0 saturated carbocycles. The molecule has 25 heavy (non-hydrogen) atoms. The van der Waals surface area contributed by atoms with Gasteiger partial charge in [0.05, 0.1) is 16.7 Å². The summed E-state index contributed by atoms with van der Waals surface area (Å²) in [6.07, 6.45) is 0.819. The molecule has 0 bridgehead atoms. The van der Waals surface area contributed by atoms with Crippen LogP contribution in [0.25, 0.3) is 10.9 Å². The van der Waals surface area contributed by atoms with E-state index in [2.05, 4.69) is 18.8 Å². The number of amides is 1. The second-order valence-corrected chi connectivity index (χ2v) is 6.91. The molecule has 0 aliphatic rings. The van der Waals surface area contributed by atoms with Gasteiger partial charge in [0.15, 0.2) is 11.8 Å². The largest absolute Gasteiger partial charge is 0.455 e. The Morgan fingerprint density at radius 1 is 1.32 bits per heavy atom. The molecule has 2 aromatic rings. The van der Waals surface area contributed by atoms with E-state index in [0.29, 0.717) is 28.5 Å². The number of hydrogen-bond donors (Lipinski definition) is 1. The Labute approximate surface area is 149 Å². The summed E-state index contributed by atoms with van der Waals surface area (Å²) >= 11 is 1.11. The zero-order chi connectivity index (χ0) is 18.4. The van der Waals surface area contributed by atoms with Gasteiger partial charge in [0.2, 0.25) is 0 Å². The summed E-state index contributed by atoms with van der Waals surface area (Å²) in [6.45, 7) is 4.22. The standard InChI is InChI=1S/C17H21N3O4S/c1-11(2)7-8-20-16(23)12-5-3-4-6-13(12)19-17(20)25-10-15(22)24-9-14(18)21/h3-6,11H,7-10H2,1-2H3,(H2,18,21). The lowest BCUT2D eigenvalue weighted by molar-refractivity contribution is -0.145. The summed E-state index contributed by atoms with van der Waals surface area (Å²) in [4.78, 5) is 39.6. The van der Waals surface area contributed by atoms with Crippen LogP contribution in [0.15, 0.2) is 34.2 Å². The van der Waals surface area contributed by atoms with Gasteiger partial charge in [-0.25, -0.2) is 4.98 Å². The topological polar surface area (TPSA) is 104 Å². The Morgan fingerprint density at radius 2 is 2.04 bits per heavy atom. The number of nitrogens with zero attached hydrogens (tertiary/aromatic N) is 2. The summed E-state index contributed by atoms with van der Waals surface area (Å²) in [5.41, 5.74) is 5.40. The van der Waals surface area contributed by atoms with Crippen LogP contribution >= 0.6 is 11.8 Å². The zero-order valence-corrected chi connectivity index (χ0v) is 15.0.